The Balaban J connectivity index is 1.41. The van der Waals surface area contributed by atoms with Gasteiger partial charge in [0.15, 0.2) is 0 Å². The van der Waals surface area contributed by atoms with Crippen LogP contribution in [0.1, 0.15) is 28.7 Å². The maximum absolute atomic E-state index is 12.5. The van der Waals surface area contributed by atoms with Crippen LogP contribution < -0.4 is 0 Å². The fourth-order valence-electron chi connectivity index (χ4n) is 5.16. The molecule has 1 saturated carbocycles. The van der Waals surface area contributed by atoms with Crippen LogP contribution in [0.25, 0.3) is 0 Å². The summed E-state index contributed by atoms with van der Waals surface area (Å²) in [5.74, 6) is -0.401. The molecule has 1 fully saturated rings. The Morgan fingerprint density at radius 1 is 0.475 bits per heavy atom. The molecule has 0 radical (unpaired) electrons. The van der Waals surface area contributed by atoms with Gasteiger partial charge in [0.25, 0.3) is 0 Å². The third-order valence-electron chi connectivity index (χ3n) is 7.28. The molecule has 4 aromatic carbocycles. The highest BCUT2D eigenvalue weighted by Gasteiger charge is 2.48. The molecule has 40 heavy (non-hydrogen) atoms. The normalized spacial score (nSPS) is 22.6. The average Bonchev–Trinajstić information content (AvgIpc) is 3.03. The van der Waals surface area contributed by atoms with E-state index in [1.165, 1.54) is 0 Å². The first kappa shape index (κ1) is 27.9. The van der Waals surface area contributed by atoms with Gasteiger partial charge >= 0.3 is 0 Å². The van der Waals surface area contributed by atoms with E-state index in [-0.39, 0.29) is 6.10 Å². The Bertz CT molecular complexity index is 1270. The van der Waals surface area contributed by atoms with E-state index in [0.717, 1.165) is 28.5 Å². The summed E-state index contributed by atoms with van der Waals surface area (Å²) >= 11 is 0. The van der Waals surface area contributed by atoms with E-state index in [2.05, 4.69) is 0 Å². The van der Waals surface area contributed by atoms with E-state index < -0.39 is 24.2 Å². The van der Waals surface area contributed by atoms with Crippen LogP contribution in [-0.4, -0.2) is 30.7 Å². The summed E-state index contributed by atoms with van der Waals surface area (Å²) in [6, 6.07) is 40.1. The van der Waals surface area contributed by atoms with E-state index in [9.17, 15) is 4.79 Å². The number of hydrogen-bond donors (Lipinski definition) is 0. The van der Waals surface area contributed by atoms with E-state index >= 15 is 0 Å². The molecule has 5 rings (SSSR count). The average molecular weight is 537 g/mol. The fourth-order valence-corrected chi connectivity index (χ4v) is 5.16. The van der Waals surface area contributed by atoms with Crippen molar-refractivity contribution in [1.82, 2.24) is 0 Å². The molecule has 0 saturated heterocycles. The van der Waals surface area contributed by atoms with Crippen LogP contribution in [0.5, 0.6) is 0 Å². The molecule has 0 bridgehead atoms. The summed E-state index contributed by atoms with van der Waals surface area (Å²) in [4.78, 5) is 12.5. The molecule has 0 amide bonds. The van der Waals surface area contributed by atoms with Crippen LogP contribution in [0, 0.1) is 5.92 Å². The zero-order valence-electron chi connectivity index (χ0n) is 22.6. The second kappa shape index (κ2) is 14.7. The highest BCUT2D eigenvalue weighted by molar-refractivity contribution is 5.55. The molecule has 4 aromatic rings. The lowest BCUT2D eigenvalue weighted by molar-refractivity contribution is -0.226. The third-order valence-corrected chi connectivity index (χ3v) is 7.28. The molecular formula is C35H36O5. The Labute approximate surface area is 236 Å². The summed E-state index contributed by atoms with van der Waals surface area (Å²) in [5, 5.41) is 0. The molecule has 0 spiro atoms. The predicted molar refractivity (Wildman–Crippen MR) is 154 cm³/mol. The van der Waals surface area contributed by atoms with E-state index in [4.69, 9.17) is 18.9 Å². The number of aldehydes is 1. The molecule has 5 nitrogen and oxygen atoms in total. The first-order valence-electron chi connectivity index (χ1n) is 13.9. The van der Waals surface area contributed by atoms with Crippen molar-refractivity contribution in [1.29, 1.82) is 0 Å². The van der Waals surface area contributed by atoms with Gasteiger partial charge in [-0.15, -0.1) is 0 Å². The minimum Gasteiger partial charge on any atom is -0.371 e. The summed E-state index contributed by atoms with van der Waals surface area (Å²) in [5.41, 5.74) is 4.21. The van der Waals surface area contributed by atoms with Crippen molar-refractivity contribution in [2.24, 2.45) is 5.92 Å². The molecule has 1 aliphatic rings. The fraction of sp³-hybridized carbons (Fsp3) is 0.286. The second-order valence-electron chi connectivity index (χ2n) is 10.2. The largest absolute Gasteiger partial charge is 0.371 e. The highest BCUT2D eigenvalue weighted by atomic mass is 16.6. The lowest BCUT2D eigenvalue weighted by Crippen LogP contribution is -2.57. The van der Waals surface area contributed by atoms with Crippen molar-refractivity contribution in [2.45, 2.75) is 57.3 Å². The topological polar surface area (TPSA) is 54.0 Å². The van der Waals surface area contributed by atoms with Crippen LogP contribution in [-0.2, 0) is 50.2 Å². The van der Waals surface area contributed by atoms with Gasteiger partial charge in [-0.2, -0.15) is 0 Å². The number of hydrogen-bond acceptors (Lipinski definition) is 5. The van der Waals surface area contributed by atoms with Crippen molar-refractivity contribution in [3.8, 4) is 0 Å². The third kappa shape index (κ3) is 7.74. The van der Waals surface area contributed by atoms with Crippen molar-refractivity contribution in [2.75, 3.05) is 0 Å². The van der Waals surface area contributed by atoms with Gasteiger partial charge in [0.2, 0.25) is 0 Å². The molecule has 0 N–H and O–H groups in total. The zero-order chi connectivity index (χ0) is 27.4. The molecule has 206 valence electrons. The number of ether oxygens (including phenoxy) is 4. The lowest BCUT2D eigenvalue weighted by atomic mass is 9.80. The lowest BCUT2D eigenvalue weighted by Gasteiger charge is -2.44. The molecule has 5 heteroatoms. The summed E-state index contributed by atoms with van der Waals surface area (Å²) in [7, 11) is 0. The summed E-state index contributed by atoms with van der Waals surface area (Å²) < 4.78 is 26.1. The maximum Gasteiger partial charge on any atom is 0.125 e. The minimum absolute atomic E-state index is 0.350. The van der Waals surface area contributed by atoms with E-state index in [1.807, 2.05) is 121 Å². The zero-order valence-corrected chi connectivity index (χ0v) is 22.6. The van der Waals surface area contributed by atoms with Crippen LogP contribution in [0.2, 0.25) is 0 Å². The van der Waals surface area contributed by atoms with Crippen LogP contribution in [0.3, 0.4) is 0 Å². The molecule has 1 aliphatic carbocycles. The molecule has 5 atom stereocenters. The number of carbonyl (C=O) groups is 1. The Morgan fingerprint density at radius 2 is 0.825 bits per heavy atom. The second-order valence-corrected chi connectivity index (χ2v) is 10.2. The SMILES string of the molecule is O=C[C@H]1CC(OCc2ccccc2)[C@@H](OCc2ccccc2)[C@@H](OCc2ccccc2)[C@@H]1OCc1ccccc1. The predicted octanol–water partition coefficient (Wildman–Crippen LogP) is 6.55. The minimum atomic E-state index is -0.516. The Morgan fingerprint density at radius 3 is 1.23 bits per heavy atom. The van der Waals surface area contributed by atoms with Crippen LogP contribution in [0.15, 0.2) is 121 Å². The molecule has 1 unspecified atom stereocenters. The number of rotatable bonds is 13. The van der Waals surface area contributed by atoms with Gasteiger partial charge in [-0.3, -0.25) is 0 Å². The monoisotopic (exact) mass is 536 g/mol. The molecule has 0 aromatic heterocycles. The summed E-state index contributed by atoms with van der Waals surface area (Å²) in [6.45, 7) is 1.57. The van der Waals surface area contributed by atoms with Crippen molar-refractivity contribution in [3.05, 3.63) is 144 Å². The quantitative estimate of drug-likeness (QED) is 0.182. The standard InChI is InChI=1S/C35H36O5/c36-22-31-21-32(37-23-27-13-5-1-6-14-27)34(39-25-29-17-9-3-10-18-29)35(40-26-30-19-11-4-12-20-30)33(31)38-24-28-15-7-2-8-16-28/h1-20,22,31-35H,21,23-26H2/t31-,32?,33-,34-,35+/m1/s1. The van der Waals surface area contributed by atoms with Gasteiger partial charge in [-0.25, -0.2) is 0 Å². The van der Waals surface area contributed by atoms with E-state index in [1.54, 1.807) is 0 Å². The van der Waals surface area contributed by atoms with Crippen molar-refractivity contribution >= 4 is 6.29 Å². The molecule has 0 heterocycles. The van der Waals surface area contributed by atoms with Crippen LogP contribution >= 0.6 is 0 Å². The van der Waals surface area contributed by atoms with E-state index in [0.29, 0.717) is 32.8 Å². The van der Waals surface area contributed by atoms with Crippen LogP contribution in [0.4, 0.5) is 0 Å². The highest BCUT2D eigenvalue weighted by Crippen LogP contribution is 2.35. The first-order chi connectivity index (χ1) is 19.8. The molecular weight excluding hydrogens is 500 g/mol. The Hall–Kier alpha value is -3.61. The van der Waals surface area contributed by atoms with Crippen molar-refractivity contribution in [3.63, 3.8) is 0 Å². The number of benzene rings is 4. The maximum atomic E-state index is 12.5. The van der Waals surface area contributed by atoms with Crippen molar-refractivity contribution < 1.29 is 23.7 Å². The van der Waals surface area contributed by atoms with Gasteiger partial charge in [0.1, 0.15) is 18.5 Å². The van der Waals surface area contributed by atoms with Gasteiger partial charge < -0.3 is 23.7 Å². The first-order valence-corrected chi connectivity index (χ1v) is 13.9. The van der Waals surface area contributed by atoms with Gasteiger partial charge in [-0.1, -0.05) is 121 Å². The smallest absolute Gasteiger partial charge is 0.125 e. The molecule has 0 aliphatic heterocycles. The van der Waals surface area contributed by atoms with Gasteiger partial charge in [-0.05, 0) is 28.7 Å². The van der Waals surface area contributed by atoms with Gasteiger partial charge in [0, 0.05) is 5.92 Å². The summed E-state index contributed by atoms with van der Waals surface area (Å²) in [6.07, 6.45) is -0.321. The Kier molecular flexibility index (Phi) is 10.3. The van der Waals surface area contributed by atoms with Gasteiger partial charge in [0.05, 0.1) is 38.6 Å². The number of carbonyl (C=O) groups excluding carboxylic acids is 1.